The van der Waals surface area contributed by atoms with Crippen LogP contribution < -0.4 is 0 Å². The second-order valence-corrected chi connectivity index (χ2v) is 3.89. The minimum Gasteiger partial charge on any atom is -0.0843 e. The van der Waals surface area contributed by atoms with E-state index >= 15 is 0 Å². The van der Waals surface area contributed by atoms with E-state index in [1.54, 1.807) is 0 Å². The standard InChI is InChI=1S/C11H13Cl2/c1-2-3-4-5-9-8-10(12)6-7-11(9)13/h6-8H,1-5H2. The highest BCUT2D eigenvalue weighted by Crippen LogP contribution is 2.22. The molecule has 1 radical (unpaired) electrons. The number of hydrogen-bond donors (Lipinski definition) is 0. The van der Waals surface area contributed by atoms with E-state index in [1.807, 2.05) is 18.2 Å². The summed E-state index contributed by atoms with van der Waals surface area (Å²) in [6, 6.07) is 5.60. The fourth-order valence-electron chi connectivity index (χ4n) is 1.23. The first kappa shape index (κ1) is 10.9. The van der Waals surface area contributed by atoms with Crippen molar-refractivity contribution in [1.82, 2.24) is 0 Å². The number of unbranched alkanes of at least 4 members (excludes halogenated alkanes) is 2. The average Bonchev–Trinajstić information content (AvgIpc) is 2.11. The molecule has 0 fully saturated rings. The molecule has 0 aliphatic rings. The van der Waals surface area contributed by atoms with Crippen LogP contribution in [0.15, 0.2) is 18.2 Å². The van der Waals surface area contributed by atoms with Crippen molar-refractivity contribution >= 4 is 23.2 Å². The van der Waals surface area contributed by atoms with Gasteiger partial charge < -0.3 is 0 Å². The summed E-state index contributed by atoms with van der Waals surface area (Å²) in [4.78, 5) is 0. The van der Waals surface area contributed by atoms with E-state index in [-0.39, 0.29) is 0 Å². The fraction of sp³-hybridized carbons (Fsp3) is 0.364. The zero-order chi connectivity index (χ0) is 9.68. The predicted molar refractivity (Wildman–Crippen MR) is 59.4 cm³/mol. The Labute approximate surface area is 89.9 Å². The Morgan fingerprint density at radius 2 is 1.92 bits per heavy atom. The molecule has 0 saturated carbocycles. The normalized spacial score (nSPS) is 10.4. The van der Waals surface area contributed by atoms with Crippen LogP contribution >= 0.6 is 23.2 Å². The summed E-state index contributed by atoms with van der Waals surface area (Å²) >= 11 is 11.9. The van der Waals surface area contributed by atoms with Crippen molar-refractivity contribution in [3.63, 3.8) is 0 Å². The summed E-state index contributed by atoms with van der Waals surface area (Å²) in [6.45, 7) is 3.80. The van der Waals surface area contributed by atoms with E-state index in [2.05, 4.69) is 6.92 Å². The van der Waals surface area contributed by atoms with Crippen molar-refractivity contribution in [3.05, 3.63) is 40.7 Å². The van der Waals surface area contributed by atoms with Gasteiger partial charge in [-0.05, 0) is 36.6 Å². The van der Waals surface area contributed by atoms with Gasteiger partial charge in [0, 0.05) is 10.0 Å². The van der Waals surface area contributed by atoms with Gasteiger partial charge >= 0.3 is 0 Å². The largest absolute Gasteiger partial charge is 0.0843 e. The molecule has 0 nitrogen and oxygen atoms in total. The number of rotatable bonds is 4. The van der Waals surface area contributed by atoms with Gasteiger partial charge in [-0.15, -0.1) is 0 Å². The molecular weight excluding hydrogens is 203 g/mol. The van der Waals surface area contributed by atoms with Crippen molar-refractivity contribution in [2.24, 2.45) is 0 Å². The van der Waals surface area contributed by atoms with Crippen molar-refractivity contribution in [3.8, 4) is 0 Å². The number of halogens is 2. The first-order chi connectivity index (χ1) is 6.24. The molecule has 0 saturated heterocycles. The first-order valence-corrected chi connectivity index (χ1v) is 5.23. The van der Waals surface area contributed by atoms with Gasteiger partial charge in [-0.25, -0.2) is 0 Å². The second-order valence-electron chi connectivity index (χ2n) is 3.05. The Kier molecular flexibility index (Phi) is 4.61. The molecule has 0 heterocycles. The molecule has 0 spiro atoms. The Morgan fingerprint density at radius 1 is 1.15 bits per heavy atom. The molecule has 1 rings (SSSR count). The van der Waals surface area contributed by atoms with Gasteiger partial charge in [0.2, 0.25) is 0 Å². The third kappa shape index (κ3) is 3.58. The Bertz CT molecular complexity index is 269. The lowest BCUT2D eigenvalue weighted by Crippen LogP contribution is -1.86. The maximum Gasteiger partial charge on any atom is 0.0439 e. The van der Waals surface area contributed by atoms with Crippen molar-refractivity contribution in [2.45, 2.75) is 25.7 Å². The molecule has 13 heavy (non-hydrogen) atoms. The van der Waals surface area contributed by atoms with Crippen molar-refractivity contribution < 1.29 is 0 Å². The topological polar surface area (TPSA) is 0 Å². The second kappa shape index (κ2) is 5.51. The molecule has 0 atom stereocenters. The van der Waals surface area contributed by atoms with Gasteiger partial charge in [0.15, 0.2) is 0 Å². The van der Waals surface area contributed by atoms with Crippen LogP contribution in [0.4, 0.5) is 0 Å². The van der Waals surface area contributed by atoms with E-state index in [1.165, 1.54) is 0 Å². The number of aryl methyl sites for hydroxylation is 1. The zero-order valence-electron chi connectivity index (χ0n) is 7.52. The smallest absolute Gasteiger partial charge is 0.0439 e. The van der Waals surface area contributed by atoms with Gasteiger partial charge in [0.05, 0.1) is 0 Å². The van der Waals surface area contributed by atoms with Crippen LogP contribution in [-0.4, -0.2) is 0 Å². The van der Waals surface area contributed by atoms with E-state index in [4.69, 9.17) is 23.2 Å². The maximum absolute atomic E-state index is 6.00. The lowest BCUT2D eigenvalue weighted by Gasteiger charge is -2.03. The summed E-state index contributed by atoms with van der Waals surface area (Å²) in [5, 5.41) is 1.57. The molecule has 0 aliphatic carbocycles. The summed E-state index contributed by atoms with van der Waals surface area (Å²) in [5.74, 6) is 0. The minimum atomic E-state index is 0.758. The number of benzene rings is 1. The molecule has 0 bridgehead atoms. The molecule has 0 aromatic heterocycles. The molecule has 71 valence electrons. The Hall–Kier alpha value is -0.200. The SMILES string of the molecule is [CH2]CCCCc1cc(Cl)ccc1Cl. The summed E-state index contributed by atoms with van der Waals surface area (Å²) in [6.07, 6.45) is 4.25. The highest BCUT2D eigenvalue weighted by molar-refractivity contribution is 6.33. The van der Waals surface area contributed by atoms with Crippen LogP contribution in [0.1, 0.15) is 24.8 Å². The minimum absolute atomic E-state index is 0.758. The van der Waals surface area contributed by atoms with Crippen LogP contribution in [0.2, 0.25) is 10.0 Å². The summed E-state index contributed by atoms with van der Waals surface area (Å²) in [7, 11) is 0. The van der Waals surface area contributed by atoms with E-state index in [0.29, 0.717) is 0 Å². The quantitative estimate of drug-likeness (QED) is 0.648. The zero-order valence-corrected chi connectivity index (χ0v) is 9.04. The summed E-state index contributed by atoms with van der Waals surface area (Å²) in [5.41, 5.74) is 1.14. The van der Waals surface area contributed by atoms with Gasteiger partial charge in [-0.1, -0.05) is 43.0 Å². The highest BCUT2D eigenvalue weighted by Gasteiger charge is 2.00. The van der Waals surface area contributed by atoms with Crippen LogP contribution in [0, 0.1) is 6.92 Å². The van der Waals surface area contributed by atoms with Crippen LogP contribution in [-0.2, 0) is 6.42 Å². The predicted octanol–water partition coefficient (Wildman–Crippen LogP) is 4.54. The maximum atomic E-state index is 6.00. The molecule has 0 aliphatic heterocycles. The van der Waals surface area contributed by atoms with Crippen LogP contribution in [0.3, 0.4) is 0 Å². The van der Waals surface area contributed by atoms with Gasteiger partial charge in [0.1, 0.15) is 0 Å². The third-order valence-corrected chi connectivity index (χ3v) is 2.56. The van der Waals surface area contributed by atoms with Crippen LogP contribution in [0.5, 0.6) is 0 Å². The molecule has 2 heteroatoms. The molecule has 0 unspecified atom stereocenters. The van der Waals surface area contributed by atoms with E-state index < -0.39 is 0 Å². The molecule has 0 amide bonds. The van der Waals surface area contributed by atoms with Gasteiger partial charge in [0.25, 0.3) is 0 Å². The Balaban J connectivity index is 2.59. The fourth-order valence-corrected chi connectivity index (χ4v) is 1.63. The summed E-state index contributed by atoms with van der Waals surface area (Å²) < 4.78 is 0. The first-order valence-electron chi connectivity index (χ1n) is 4.47. The van der Waals surface area contributed by atoms with Crippen LogP contribution in [0.25, 0.3) is 0 Å². The molecule has 0 N–H and O–H groups in total. The lowest BCUT2D eigenvalue weighted by atomic mass is 10.1. The van der Waals surface area contributed by atoms with Crippen molar-refractivity contribution in [1.29, 1.82) is 0 Å². The lowest BCUT2D eigenvalue weighted by molar-refractivity contribution is 0.746. The number of hydrogen-bond acceptors (Lipinski definition) is 0. The monoisotopic (exact) mass is 215 g/mol. The molecule has 1 aromatic rings. The third-order valence-electron chi connectivity index (χ3n) is 1.95. The van der Waals surface area contributed by atoms with Gasteiger partial charge in [-0.2, -0.15) is 0 Å². The van der Waals surface area contributed by atoms with E-state index in [0.717, 1.165) is 41.3 Å². The highest BCUT2D eigenvalue weighted by atomic mass is 35.5. The average molecular weight is 216 g/mol. The van der Waals surface area contributed by atoms with Gasteiger partial charge in [-0.3, -0.25) is 0 Å². The Morgan fingerprint density at radius 3 is 2.62 bits per heavy atom. The molecule has 1 aromatic carbocycles. The van der Waals surface area contributed by atoms with Crippen molar-refractivity contribution in [2.75, 3.05) is 0 Å². The molecular formula is C11H13Cl2. The van der Waals surface area contributed by atoms with E-state index in [9.17, 15) is 0 Å².